The number of hydrogen-bond donors (Lipinski definition) is 1. The fourth-order valence-corrected chi connectivity index (χ4v) is 1.68. The lowest BCUT2D eigenvalue weighted by molar-refractivity contribution is 0.281. The van der Waals surface area contributed by atoms with Crippen LogP contribution in [-0.4, -0.2) is 14.9 Å². The van der Waals surface area contributed by atoms with Gasteiger partial charge >= 0.3 is 0 Å². The summed E-state index contributed by atoms with van der Waals surface area (Å²) in [5.74, 6) is 0. The van der Waals surface area contributed by atoms with E-state index in [0.29, 0.717) is 0 Å². The molecule has 2 aromatic rings. The maximum Gasteiger partial charge on any atom is 0.0715 e. The molecule has 0 aliphatic heterocycles. The van der Waals surface area contributed by atoms with Crippen molar-refractivity contribution in [3.63, 3.8) is 0 Å². The topological polar surface area (TPSA) is 38.0 Å². The molecule has 4 heteroatoms. The quantitative estimate of drug-likeness (QED) is 0.871. The number of aliphatic hydroxyl groups excluding tert-OH is 1. The minimum absolute atomic E-state index is 0.00538. The van der Waals surface area contributed by atoms with Crippen molar-refractivity contribution in [1.82, 2.24) is 9.78 Å². The van der Waals surface area contributed by atoms with E-state index in [2.05, 4.69) is 5.10 Å². The van der Waals surface area contributed by atoms with Gasteiger partial charge < -0.3 is 5.11 Å². The van der Waals surface area contributed by atoms with Crippen LogP contribution in [0.1, 0.15) is 16.8 Å². The van der Waals surface area contributed by atoms with Crippen molar-refractivity contribution in [2.45, 2.75) is 20.5 Å². The molecule has 0 aliphatic carbocycles. The van der Waals surface area contributed by atoms with Crippen molar-refractivity contribution in [2.24, 2.45) is 0 Å². The van der Waals surface area contributed by atoms with Crippen LogP contribution in [0.3, 0.4) is 0 Å². The highest BCUT2D eigenvalue weighted by Gasteiger charge is 2.06. The molecule has 0 aliphatic rings. The molecule has 0 atom stereocenters. The second-order valence-electron chi connectivity index (χ2n) is 3.78. The summed E-state index contributed by atoms with van der Waals surface area (Å²) in [5, 5.41) is 14.1. The summed E-state index contributed by atoms with van der Waals surface area (Å²) in [7, 11) is 0. The van der Waals surface area contributed by atoms with Crippen molar-refractivity contribution < 1.29 is 5.11 Å². The first-order valence-electron chi connectivity index (χ1n) is 5.04. The zero-order valence-corrected chi connectivity index (χ0v) is 9.99. The van der Waals surface area contributed by atoms with Crippen LogP contribution in [0.25, 0.3) is 5.69 Å². The molecular formula is C12H13ClN2O. The summed E-state index contributed by atoms with van der Waals surface area (Å²) < 4.78 is 1.73. The van der Waals surface area contributed by atoms with E-state index in [1.165, 1.54) is 0 Å². The highest BCUT2D eigenvalue weighted by molar-refractivity contribution is 6.31. The SMILES string of the molecule is Cc1ccc(-n2cc(CO)c(C)n2)cc1Cl. The average molecular weight is 237 g/mol. The number of rotatable bonds is 2. The van der Waals surface area contributed by atoms with E-state index in [-0.39, 0.29) is 6.61 Å². The molecule has 1 aromatic carbocycles. The van der Waals surface area contributed by atoms with Crippen LogP contribution >= 0.6 is 11.6 Å². The van der Waals surface area contributed by atoms with E-state index >= 15 is 0 Å². The summed E-state index contributed by atoms with van der Waals surface area (Å²) in [5.41, 5.74) is 3.60. The van der Waals surface area contributed by atoms with Gasteiger partial charge in [-0.3, -0.25) is 0 Å². The summed E-state index contributed by atoms with van der Waals surface area (Å²) in [4.78, 5) is 0. The highest BCUT2D eigenvalue weighted by Crippen LogP contribution is 2.20. The van der Waals surface area contributed by atoms with E-state index in [0.717, 1.165) is 27.5 Å². The van der Waals surface area contributed by atoms with Gasteiger partial charge in [-0.1, -0.05) is 17.7 Å². The van der Waals surface area contributed by atoms with Gasteiger partial charge in [-0.25, -0.2) is 4.68 Å². The van der Waals surface area contributed by atoms with Gasteiger partial charge in [0.15, 0.2) is 0 Å². The Kier molecular flexibility index (Phi) is 2.99. The zero-order valence-electron chi connectivity index (χ0n) is 9.24. The Bertz CT molecular complexity index is 520. The molecule has 0 saturated heterocycles. The number of benzene rings is 1. The van der Waals surface area contributed by atoms with Gasteiger partial charge in [0.1, 0.15) is 0 Å². The van der Waals surface area contributed by atoms with Gasteiger partial charge in [-0.2, -0.15) is 5.10 Å². The molecule has 0 unspecified atom stereocenters. The summed E-state index contributed by atoms with van der Waals surface area (Å²) in [6.07, 6.45) is 1.82. The average Bonchev–Trinajstić information content (AvgIpc) is 2.64. The van der Waals surface area contributed by atoms with E-state index < -0.39 is 0 Å². The molecule has 3 nitrogen and oxygen atoms in total. The van der Waals surface area contributed by atoms with Crippen molar-refractivity contribution in [3.05, 3.63) is 46.2 Å². The van der Waals surface area contributed by atoms with E-state index in [1.807, 2.05) is 38.2 Å². The molecule has 1 aromatic heterocycles. The number of nitrogens with zero attached hydrogens (tertiary/aromatic N) is 2. The van der Waals surface area contributed by atoms with Gasteiger partial charge in [0.2, 0.25) is 0 Å². The van der Waals surface area contributed by atoms with Crippen LogP contribution in [0.4, 0.5) is 0 Å². The van der Waals surface area contributed by atoms with E-state index in [4.69, 9.17) is 16.7 Å². The fraction of sp³-hybridized carbons (Fsp3) is 0.250. The Morgan fingerprint density at radius 3 is 2.69 bits per heavy atom. The predicted molar refractivity (Wildman–Crippen MR) is 64.0 cm³/mol. The summed E-state index contributed by atoms with van der Waals surface area (Å²) in [6.45, 7) is 3.84. The van der Waals surface area contributed by atoms with Gasteiger partial charge in [0.05, 0.1) is 18.0 Å². The number of halogens is 1. The summed E-state index contributed by atoms with van der Waals surface area (Å²) in [6, 6.07) is 5.77. The Balaban J connectivity index is 2.46. The maximum absolute atomic E-state index is 9.10. The molecule has 1 N–H and O–H groups in total. The largest absolute Gasteiger partial charge is 0.392 e. The molecule has 0 fully saturated rings. The van der Waals surface area contributed by atoms with Crippen LogP contribution in [0.2, 0.25) is 5.02 Å². The third kappa shape index (κ3) is 1.96. The van der Waals surface area contributed by atoms with Crippen LogP contribution < -0.4 is 0 Å². The normalized spacial score (nSPS) is 10.8. The fourth-order valence-electron chi connectivity index (χ4n) is 1.51. The van der Waals surface area contributed by atoms with Crippen molar-refractivity contribution in [2.75, 3.05) is 0 Å². The maximum atomic E-state index is 9.10. The third-order valence-corrected chi connectivity index (χ3v) is 3.00. The minimum Gasteiger partial charge on any atom is -0.392 e. The van der Waals surface area contributed by atoms with Crippen LogP contribution in [0.15, 0.2) is 24.4 Å². The second-order valence-corrected chi connectivity index (χ2v) is 4.18. The van der Waals surface area contributed by atoms with E-state index in [1.54, 1.807) is 4.68 Å². The molecule has 1 heterocycles. The smallest absolute Gasteiger partial charge is 0.0715 e. The Morgan fingerprint density at radius 2 is 2.12 bits per heavy atom. The standard InChI is InChI=1S/C12H13ClN2O/c1-8-3-4-11(5-12(8)13)15-6-10(7-16)9(2)14-15/h3-6,16H,7H2,1-2H3. The van der Waals surface area contributed by atoms with Crippen LogP contribution in [-0.2, 0) is 6.61 Å². The molecule has 0 saturated carbocycles. The molecule has 0 radical (unpaired) electrons. The molecule has 2 rings (SSSR count). The predicted octanol–water partition coefficient (Wildman–Crippen LogP) is 2.63. The minimum atomic E-state index is 0.00538. The molecule has 0 spiro atoms. The first-order chi connectivity index (χ1) is 7.61. The first kappa shape index (κ1) is 11.2. The highest BCUT2D eigenvalue weighted by atomic mass is 35.5. The van der Waals surface area contributed by atoms with Gasteiger partial charge in [0, 0.05) is 16.8 Å². The third-order valence-electron chi connectivity index (χ3n) is 2.59. The Labute approximate surface area is 99.3 Å². The van der Waals surface area contributed by atoms with Crippen molar-refractivity contribution in [3.8, 4) is 5.69 Å². The summed E-state index contributed by atoms with van der Waals surface area (Å²) >= 11 is 6.05. The number of aryl methyl sites for hydroxylation is 2. The van der Waals surface area contributed by atoms with Crippen molar-refractivity contribution >= 4 is 11.6 Å². The molecular weight excluding hydrogens is 224 g/mol. The van der Waals surface area contributed by atoms with Gasteiger partial charge in [-0.05, 0) is 31.5 Å². The zero-order chi connectivity index (χ0) is 11.7. The van der Waals surface area contributed by atoms with Crippen LogP contribution in [0.5, 0.6) is 0 Å². The lowest BCUT2D eigenvalue weighted by atomic mass is 10.2. The lowest BCUT2D eigenvalue weighted by Gasteiger charge is -2.03. The Morgan fingerprint density at radius 1 is 1.38 bits per heavy atom. The van der Waals surface area contributed by atoms with Crippen molar-refractivity contribution in [1.29, 1.82) is 0 Å². The number of aliphatic hydroxyl groups is 1. The molecule has 16 heavy (non-hydrogen) atoms. The molecule has 0 amide bonds. The lowest BCUT2D eigenvalue weighted by Crippen LogP contribution is -1.95. The Hall–Kier alpha value is -1.32. The first-order valence-corrected chi connectivity index (χ1v) is 5.42. The van der Waals surface area contributed by atoms with E-state index in [9.17, 15) is 0 Å². The monoisotopic (exact) mass is 236 g/mol. The van der Waals surface area contributed by atoms with Gasteiger partial charge in [-0.15, -0.1) is 0 Å². The number of hydrogen-bond acceptors (Lipinski definition) is 2. The second kappa shape index (κ2) is 4.28. The molecule has 0 bridgehead atoms. The molecule has 84 valence electrons. The van der Waals surface area contributed by atoms with Gasteiger partial charge in [0.25, 0.3) is 0 Å². The van der Waals surface area contributed by atoms with Crippen LogP contribution in [0, 0.1) is 13.8 Å². The number of aromatic nitrogens is 2.